The molecule has 16 heavy (non-hydrogen) atoms. The maximum atomic E-state index is 11.7. The monoisotopic (exact) mass is 284 g/mol. The fourth-order valence-electron chi connectivity index (χ4n) is 1.75. The molecule has 0 saturated heterocycles. The van der Waals surface area contributed by atoms with Gasteiger partial charge in [-0.15, -0.1) is 0 Å². The Labute approximate surface area is 102 Å². The number of amides is 1. The van der Waals surface area contributed by atoms with Gasteiger partial charge in [-0.3, -0.25) is 9.63 Å². The quantitative estimate of drug-likeness (QED) is 0.685. The number of nitrogens with one attached hydrogen (secondary N) is 1. The first-order valence-corrected chi connectivity index (χ1v) is 6.12. The summed E-state index contributed by atoms with van der Waals surface area (Å²) < 4.78 is 0.640. The molecule has 0 unspecified atom stereocenters. The molecule has 1 aliphatic carbocycles. The average molecular weight is 285 g/mol. The van der Waals surface area contributed by atoms with Gasteiger partial charge < -0.3 is 0 Å². The minimum Gasteiger partial charge on any atom is -0.270 e. The summed E-state index contributed by atoms with van der Waals surface area (Å²) in [4.78, 5) is 20.9. The summed E-state index contributed by atoms with van der Waals surface area (Å²) in [5, 5.41) is 0. The van der Waals surface area contributed by atoms with Crippen LogP contribution in [0.1, 0.15) is 36.0 Å². The van der Waals surface area contributed by atoms with Crippen LogP contribution in [0.15, 0.2) is 22.9 Å². The van der Waals surface area contributed by atoms with Crippen LogP contribution in [0.4, 0.5) is 0 Å². The van der Waals surface area contributed by atoms with Crippen LogP contribution in [0.5, 0.6) is 0 Å². The molecule has 1 saturated carbocycles. The molecule has 0 aromatic carbocycles. The first-order valence-electron chi connectivity index (χ1n) is 5.33. The second-order valence-electron chi connectivity index (χ2n) is 3.82. The summed E-state index contributed by atoms with van der Waals surface area (Å²) in [5.41, 5.74) is 3.02. The van der Waals surface area contributed by atoms with E-state index in [4.69, 9.17) is 4.84 Å². The molecule has 0 aliphatic heterocycles. The van der Waals surface area contributed by atoms with Gasteiger partial charge in [0.2, 0.25) is 0 Å². The van der Waals surface area contributed by atoms with Crippen LogP contribution in [0.3, 0.4) is 0 Å². The first kappa shape index (κ1) is 11.5. The van der Waals surface area contributed by atoms with E-state index in [1.807, 2.05) is 0 Å². The van der Waals surface area contributed by atoms with Crippen LogP contribution in [-0.4, -0.2) is 17.0 Å². The Morgan fingerprint density at radius 1 is 1.50 bits per heavy atom. The Bertz CT molecular complexity index is 378. The third-order valence-corrected chi connectivity index (χ3v) is 3.04. The second-order valence-corrected chi connectivity index (χ2v) is 4.64. The molecule has 1 amide bonds. The summed E-state index contributed by atoms with van der Waals surface area (Å²) in [6.07, 6.45) is 6.17. The molecule has 1 N–H and O–H groups in total. The lowest BCUT2D eigenvalue weighted by atomic mass is 10.3. The molecular weight excluding hydrogens is 272 g/mol. The number of hydrogen-bond acceptors (Lipinski definition) is 3. The van der Waals surface area contributed by atoms with Crippen molar-refractivity contribution in [1.82, 2.24) is 10.5 Å². The summed E-state index contributed by atoms with van der Waals surface area (Å²) in [6, 6.07) is 3.31. The Kier molecular flexibility index (Phi) is 3.90. The van der Waals surface area contributed by atoms with Crippen molar-refractivity contribution in [1.29, 1.82) is 0 Å². The Morgan fingerprint density at radius 3 is 2.94 bits per heavy atom. The zero-order chi connectivity index (χ0) is 11.4. The van der Waals surface area contributed by atoms with Crippen LogP contribution in [0.25, 0.3) is 0 Å². The highest BCUT2D eigenvalue weighted by atomic mass is 79.9. The van der Waals surface area contributed by atoms with Crippen molar-refractivity contribution < 1.29 is 9.63 Å². The minimum atomic E-state index is -0.227. The van der Waals surface area contributed by atoms with Crippen molar-refractivity contribution in [2.75, 3.05) is 0 Å². The molecule has 0 bridgehead atoms. The zero-order valence-corrected chi connectivity index (χ0v) is 10.4. The van der Waals surface area contributed by atoms with Gasteiger partial charge in [-0.05, 0) is 40.9 Å². The van der Waals surface area contributed by atoms with Gasteiger partial charge in [0.25, 0.3) is 5.91 Å². The van der Waals surface area contributed by atoms with Crippen LogP contribution in [-0.2, 0) is 4.84 Å². The van der Waals surface area contributed by atoms with E-state index in [9.17, 15) is 4.79 Å². The van der Waals surface area contributed by atoms with Gasteiger partial charge in [-0.1, -0.05) is 12.8 Å². The highest BCUT2D eigenvalue weighted by Gasteiger charge is 2.17. The van der Waals surface area contributed by atoms with Crippen LogP contribution >= 0.6 is 15.9 Å². The highest BCUT2D eigenvalue weighted by Crippen LogP contribution is 2.20. The summed E-state index contributed by atoms with van der Waals surface area (Å²) in [5.74, 6) is -0.227. The Morgan fingerprint density at radius 2 is 2.25 bits per heavy atom. The van der Waals surface area contributed by atoms with Crippen LogP contribution in [0, 0.1) is 0 Å². The summed E-state index contributed by atoms with van der Waals surface area (Å²) in [6.45, 7) is 0. The number of rotatable bonds is 3. The molecular formula is C11H13BrN2O2. The molecule has 5 heteroatoms. The molecule has 1 heterocycles. The van der Waals surface area contributed by atoms with Crippen molar-refractivity contribution in [2.24, 2.45) is 0 Å². The van der Waals surface area contributed by atoms with Crippen molar-refractivity contribution in [3.8, 4) is 0 Å². The molecule has 1 aromatic rings. The summed E-state index contributed by atoms with van der Waals surface area (Å²) in [7, 11) is 0. The van der Waals surface area contributed by atoms with E-state index >= 15 is 0 Å². The average Bonchev–Trinajstić information content (AvgIpc) is 2.78. The summed E-state index contributed by atoms with van der Waals surface area (Å²) >= 11 is 3.22. The van der Waals surface area contributed by atoms with E-state index in [2.05, 4.69) is 26.4 Å². The minimum absolute atomic E-state index is 0.175. The van der Waals surface area contributed by atoms with Gasteiger partial charge >= 0.3 is 0 Å². The van der Waals surface area contributed by atoms with Gasteiger partial charge in [-0.2, -0.15) is 0 Å². The standard InChI is InChI=1S/C11H13BrN2O2/c12-10-7-8(5-6-13-10)11(15)14-16-9-3-1-2-4-9/h5-7,9H,1-4H2,(H,14,15). The number of hydrogen-bond donors (Lipinski definition) is 1. The molecule has 2 rings (SSSR count). The third kappa shape index (κ3) is 3.02. The van der Waals surface area contributed by atoms with Crippen LogP contribution in [0.2, 0.25) is 0 Å². The SMILES string of the molecule is O=C(NOC1CCCC1)c1ccnc(Br)c1. The maximum absolute atomic E-state index is 11.7. The lowest BCUT2D eigenvalue weighted by molar-refractivity contribution is -0.0125. The zero-order valence-electron chi connectivity index (χ0n) is 8.78. The van der Waals surface area contributed by atoms with Crippen molar-refractivity contribution >= 4 is 21.8 Å². The molecule has 1 aromatic heterocycles. The fourth-order valence-corrected chi connectivity index (χ4v) is 2.11. The van der Waals surface area contributed by atoms with E-state index < -0.39 is 0 Å². The van der Waals surface area contributed by atoms with E-state index in [1.54, 1.807) is 18.3 Å². The number of carbonyl (C=O) groups is 1. The lowest BCUT2D eigenvalue weighted by Crippen LogP contribution is -2.28. The number of halogens is 1. The van der Waals surface area contributed by atoms with Crippen LogP contribution < -0.4 is 5.48 Å². The normalized spacial score (nSPS) is 16.3. The number of pyridine rings is 1. The Hall–Kier alpha value is -0.940. The largest absolute Gasteiger partial charge is 0.274 e. The highest BCUT2D eigenvalue weighted by molar-refractivity contribution is 9.10. The predicted octanol–water partition coefficient (Wildman–Crippen LogP) is 2.45. The fraction of sp³-hybridized carbons (Fsp3) is 0.455. The van der Waals surface area contributed by atoms with E-state index in [0.717, 1.165) is 12.8 Å². The predicted molar refractivity (Wildman–Crippen MR) is 62.7 cm³/mol. The van der Waals surface area contributed by atoms with E-state index in [1.165, 1.54) is 12.8 Å². The van der Waals surface area contributed by atoms with E-state index in [0.29, 0.717) is 10.2 Å². The third-order valence-electron chi connectivity index (χ3n) is 2.61. The number of aromatic nitrogens is 1. The number of nitrogens with zero attached hydrogens (tertiary/aromatic N) is 1. The maximum Gasteiger partial charge on any atom is 0.274 e. The number of carbonyl (C=O) groups excluding carboxylic acids is 1. The molecule has 4 nitrogen and oxygen atoms in total. The molecule has 1 aliphatic rings. The van der Waals surface area contributed by atoms with Gasteiger partial charge in [0.1, 0.15) is 4.60 Å². The van der Waals surface area contributed by atoms with Crippen molar-refractivity contribution in [3.05, 3.63) is 28.5 Å². The topological polar surface area (TPSA) is 51.2 Å². The second kappa shape index (κ2) is 5.41. The first-order chi connectivity index (χ1) is 7.75. The number of hydroxylamine groups is 1. The smallest absolute Gasteiger partial charge is 0.270 e. The van der Waals surface area contributed by atoms with Crippen molar-refractivity contribution in [2.45, 2.75) is 31.8 Å². The van der Waals surface area contributed by atoms with E-state index in [-0.39, 0.29) is 12.0 Å². The van der Waals surface area contributed by atoms with Gasteiger partial charge in [-0.25, -0.2) is 10.5 Å². The molecule has 0 radical (unpaired) electrons. The molecule has 0 atom stereocenters. The molecule has 0 spiro atoms. The van der Waals surface area contributed by atoms with Gasteiger partial charge in [0, 0.05) is 11.8 Å². The van der Waals surface area contributed by atoms with Crippen molar-refractivity contribution in [3.63, 3.8) is 0 Å². The molecule has 1 fully saturated rings. The van der Waals surface area contributed by atoms with Gasteiger partial charge in [0.15, 0.2) is 0 Å². The lowest BCUT2D eigenvalue weighted by Gasteiger charge is -2.11. The molecule has 86 valence electrons. The Balaban J connectivity index is 1.87. The van der Waals surface area contributed by atoms with Gasteiger partial charge in [0.05, 0.1) is 6.10 Å².